The molecule has 0 atom stereocenters. The van der Waals surface area contributed by atoms with E-state index in [-0.39, 0.29) is 12.5 Å². The molecule has 0 fully saturated rings. The third-order valence-corrected chi connectivity index (χ3v) is 4.03. The molecule has 0 bridgehead atoms. The molecule has 1 N–H and O–H groups in total. The second kappa shape index (κ2) is 17.5. The van der Waals surface area contributed by atoms with E-state index in [2.05, 4.69) is 6.92 Å². The fourth-order valence-corrected chi connectivity index (χ4v) is 2.65. The highest BCUT2D eigenvalue weighted by molar-refractivity contribution is 5.69. The van der Waals surface area contributed by atoms with Gasteiger partial charge in [-0.1, -0.05) is 64.5 Å². The van der Waals surface area contributed by atoms with Crippen molar-refractivity contribution >= 4 is 11.9 Å². The first-order valence-corrected chi connectivity index (χ1v) is 9.84. The lowest BCUT2D eigenvalue weighted by Crippen LogP contribution is -2.32. The normalized spacial score (nSPS) is 11.3. The van der Waals surface area contributed by atoms with Gasteiger partial charge < -0.3 is 9.84 Å². The molecule has 0 rings (SSSR count). The Morgan fingerprint density at radius 2 is 1.56 bits per heavy atom. The number of allylic oxidation sites excluding steroid dienone is 1. The lowest BCUT2D eigenvalue weighted by molar-refractivity contribution is -0.142. The quantitative estimate of drug-likeness (QED) is 0.238. The summed E-state index contributed by atoms with van der Waals surface area (Å²) < 4.78 is 5.09. The Hall–Kier alpha value is -1.36. The minimum Gasteiger partial charge on any atom is -0.480 e. The highest BCUT2D eigenvalue weighted by Crippen LogP contribution is 2.08. The largest absolute Gasteiger partial charge is 0.480 e. The van der Waals surface area contributed by atoms with Crippen LogP contribution in [0.4, 0.5) is 0 Å². The van der Waals surface area contributed by atoms with Gasteiger partial charge >= 0.3 is 11.9 Å². The fourth-order valence-electron chi connectivity index (χ4n) is 2.65. The van der Waals surface area contributed by atoms with Crippen LogP contribution in [-0.4, -0.2) is 48.2 Å². The standard InChI is InChI=1S/C20H37NO4/c1-3-5-7-8-9-10-11-15-21(18-19(22)23)16-13-14-20(24)25-17-12-6-4-2/h6,12H,3-5,7-11,13-18H2,1-2H3,(H,22,23). The Morgan fingerprint density at radius 1 is 0.920 bits per heavy atom. The van der Waals surface area contributed by atoms with Gasteiger partial charge in [0.15, 0.2) is 0 Å². The van der Waals surface area contributed by atoms with E-state index in [1.165, 1.54) is 32.1 Å². The monoisotopic (exact) mass is 355 g/mol. The van der Waals surface area contributed by atoms with Crippen LogP contribution >= 0.6 is 0 Å². The molecule has 0 amide bonds. The number of nitrogens with zero attached hydrogens (tertiary/aromatic N) is 1. The molecular weight excluding hydrogens is 318 g/mol. The number of carboxylic acid groups (broad SMARTS) is 1. The van der Waals surface area contributed by atoms with Crippen LogP contribution < -0.4 is 0 Å². The molecule has 0 spiro atoms. The summed E-state index contributed by atoms with van der Waals surface area (Å²) >= 11 is 0. The summed E-state index contributed by atoms with van der Waals surface area (Å²) in [6, 6.07) is 0. The van der Waals surface area contributed by atoms with E-state index in [1.54, 1.807) is 0 Å². The van der Waals surface area contributed by atoms with Crippen LogP contribution in [0.1, 0.15) is 78.1 Å². The van der Waals surface area contributed by atoms with Crippen LogP contribution in [-0.2, 0) is 14.3 Å². The summed E-state index contributed by atoms with van der Waals surface area (Å²) in [5, 5.41) is 9.02. The van der Waals surface area contributed by atoms with E-state index in [4.69, 9.17) is 9.84 Å². The van der Waals surface area contributed by atoms with Crippen molar-refractivity contribution in [3.05, 3.63) is 12.2 Å². The summed E-state index contributed by atoms with van der Waals surface area (Å²) in [4.78, 5) is 24.5. The Kier molecular flexibility index (Phi) is 16.5. The first-order valence-electron chi connectivity index (χ1n) is 9.84. The van der Waals surface area contributed by atoms with Gasteiger partial charge in [-0.05, 0) is 32.4 Å². The van der Waals surface area contributed by atoms with E-state index >= 15 is 0 Å². The minimum atomic E-state index is -0.810. The first-order chi connectivity index (χ1) is 12.1. The number of aliphatic carboxylic acids is 1. The zero-order chi connectivity index (χ0) is 18.8. The average Bonchev–Trinajstić information content (AvgIpc) is 2.57. The molecule has 5 heteroatoms. The summed E-state index contributed by atoms with van der Waals surface area (Å²) in [5.41, 5.74) is 0. The van der Waals surface area contributed by atoms with Crippen LogP contribution in [0.25, 0.3) is 0 Å². The van der Waals surface area contributed by atoms with Gasteiger partial charge in [-0.3, -0.25) is 14.5 Å². The Balaban J connectivity index is 3.85. The van der Waals surface area contributed by atoms with E-state index in [1.807, 2.05) is 24.0 Å². The smallest absolute Gasteiger partial charge is 0.317 e. The summed E-state index contributed by atoms with van der Waals surface area (Å²) in [6.07, 6.45) is 14.2. The molecule has 25 heavy (non-hydrogen) atoms. The number of esters is 1. The maximum atomic E-state index is 11.6. The Bertz CT molecular complexity index is 369. The van der Waals surface area contributed by atoms with Crippen LogP contribution in [0, 0.1) is 0 Å². The van der Waals surface area contributed by atoms with Gasteiger partial charge in [-0.2, -0.15) is 0 Å². The minimum absolute atomic E-state index is 0.0458. The van der Waals surface area contributed by atoms with Crippen LogP contribution in [0.3, 0.4) is 0 Å². The maximum Gasteiger partial charge on any atom is 0.317 e. The number of hydrogen-bond donors (Lipinski definition) is 1. The van der Waals surface area contributed by atoms with Crippen molar-refractivity contribution in [3.8, 4) is 0 Å². The summed E-state index contributed by atoms with van der Waals surface area (Å²) in [7, 11) is 0. The molecule has 0 saturated heterocycles. The van der Waals surface area contributed by atoms with Gasteiger partial charge in [0.25, 0.3) is 0 Å². The zero-order valence-electron chi connectivity index (χ0n) is 16.2. The summed E-state index contributed by atoms with van der Waals surface area (Å²) in [5.74, 6) is -1.03. The second-order valence-electron chi connectivity index (χ2n) is 6.46. The van der Waals surface area contributed by atoms with Crippen molar-refractivity contribution in [2.24, 2.45) is 0 Å². The number of carbonyl (C=O) groups excluding carboxylic acids is 1. The molecule has 0 unspecified atom stereocenters. The Morgan fingerprint density at radius 3 is 2.20 bits per heavy atom. The number of unbranched alkanes of at least 4 members (excludes halogenated alkanes) is 6. The van der Waals surface area contributed by atoms with Crippen molar-refractivity contribution in [1.82, 2.24) is 4.90 Å². The van der Waals surface area contributed by atoms with Gasteiger partial charge in [0.05, 0.1) is 6.54 Å². The number of carbonyl (C=O) groups is 2. The van der Waals surface area contributed by atoms with Crippen LogP contribution in [0.2, 0.25) is 0 Å². The molecule has 0 saturated carbocycles. The Labute approximate surface area is 153 Å². The molecule has 5 nitrogen and oxygen atoms in total. The number of hydrogen-bond acceptors (Lipinski definition) is 4. The molecule has 0 heterocycles. The van der Waals surface area contributed by atoms with Crippen molar-refractivity contribution < 1.29 is 19.4 Å². The molecule has 0 aromatic rings. The van der Waals surface area contributed by atoms with Crippen molar-refractivity contribution in [1.29, 1.82) is 0 Å². The van der Waals surface area contributed by atoms with E-state index < -0.39 is 5.97 Å². The molecule has 0 aromatic carbocycles. The average molecular weight is 356 g/mol. The van der Waals surface area contributed by atoms with Crippen LogP contribution in [0.5, 0.6) is 0 Å². The van der Waals surface area contributed by atoms with E-state index in [0.717, 1.165) is 25.8 Å². The second-order valence-corrected chi connectivity index (χ2v) is 6.46. The SMILES string of the molecule is CCC=CCOC(=O)CCCN(CCCCCCCCC)CC(=O)O. The predicted octanol–water partition coefficient (Wildman–Crippen LogP) is 4.41. The van der Waals surface area contributed by atoms with Gasteiger partial charge in [-0.15, -0.1) is 0 Å². The molecule has 0 aliphatic rings. The molecule has 0 radical (unpaired) electrons. The fraction of sp³-hybridized carbons (Fsp3) is 0.800. The number of carboxylic acids is 1. The van der Waals surface area contributed by atoms with Gasteiger partial charge in [0.1, 0.15) is 6.61 Å². The molecule has 0 aliphatic carbocycles. The number of rotatable bonds is 17. The lowest BCUT2D eigenvalue weighted by atomic mass is 10.1. The van der Waals surface area contributed by atoms with Gasteiger partial charge in [-0.25, -0.2) is 0 Å². The van der Waals surface area contributed by atoms with Crippen molar-refractivity contribution in [2.45, 2.75) is 78.1 Å². The third kappa shape index (κ3) is 17.3. The number of ether oxygens (including phenoxy) is 1. The summed E-state index contributed by atoms with van der Waals surface area (Å²) in [6.45, 7) is 6.02. The highest BCUT2D eigenvalue weighted by atomic mass is 16.5. The van der Waals surface area contributed by atoms with Crippen LogP contribution in [0.15, 0.2) is 12.2 Å². The predicted molar refractivity (Wildman–Crippen MR) is 102 cm³/mol. The third-order valence-electron chi connectivity index (χ3n) is 4.03. The molecule has 0 aromatic heterocycles. The molecule has 146 valence electrons. The first kappa shape index (κ1) is 23.6. The van der Waals surface area contributed by atoms with E-state index in [0.29, 0.717) is 26.0 Å². The van der Waals surface area contributed by atoms with Gasteiger partial charge in [0.2, 0.25) is 0 Å². The van der Waals surface area contributed by atoms with Gasteiger partial charge in [0, 0.05) is 6.42 Å². The lowest BCUT2D eigenvalue weighted by Gasteiger charge is -2.19. The molecular formula is C20H37NO4. The topological polar surface area (TPSA) is 66.8 Å². The van der Waals surface area contributed by atoms with Crippen molar-refractivity contribution in [3.63, 3.8) is 0 Å². The molecule has 0 aliphatic heterocycles. The van der Waals surface area contributed by atoms with Crippen molar-refractivity contribution in [2.75, 3.05) is 26.2 Å². The highest BCUT2D eigenvalue weighted by Gasteiger charge is 2.10. The van der Waals surface area contributed by atoms with E-state index in [9.17, 15) is 9.59 Å². The zero-order valence-corrected chi connectivity index (χ0v) is 16.2. The maximum absolute atomic E-state index is 11.6.